The molecule has 4 heteroatoms. The number of aromatic nitrogens is 1. The maximum atomic E-state index is 9.45. The Morgan fingerprint density at radius 3 is 1.88 bits per heavy atom. The summed E-state index contributed by atoms with van der Waals surface area (Å²) in [6, 6.07) is 38.6. The number of hydrogen-bond donors (Lipinski definition) is 0. The minimum absolute atomic E-state index is 0.567. The number of nitriles is 1. The summed E-state index contributed by atoms with van der Waals surface area (Å²) >= 11 is 0. The Hall–Kier alpha value is -4.88. The molecule has 0 radical (unpaired) electrons. The van der Waals surface area contributed by atoms with Gasteiger partial charge in [-0.3, -0.25) is 4.98 Å². The monoisotopic (exact) mass is 437 g/mol. The van der Waals surface area contributed by atoms with Crippen LogP contribution in [0, 0.1) is 11.3 Å². The van der Waals surface area contributed by atoms with Crippen molar-refractivity contribution in [2.24, 2.45) is 0 Å². The largest absolute Gasteiger partial charge is 0.453 e. The molecular formula is C30H19N3O. The molecule has 6 rings (SSSR count). The average molecular weight is 438 g/mol. The predicted molar refractivity (Wildman–Crippen MR) is 135 cm³/mol. The van der Waals surface area contributed by atoms with Crippen molar-refractivity contribution in [3.05, 3.63) is 121 Å². The predicted octanol–water partition coefficient (Wildman–Crippen LogP) is 7.86. The summed E-state index contributed by atoms with van der Waals surface area (Å²) in [7, 11) is 0. The number of rotatable bonds is 3. The van der Waals surface area contributed by atoms with E-state index in [-0.39, 0.29) is 0 Å². The van der Waals surface area contributed by atoms with E-state index in [0.717, 1.165) is 45.3 Å². The van der Waals surface area contributed by atoms with Crippen LogP contribution >= 0.6 is 0 Å². The standard InChI is InChI=1S/C30H19N3O/c31-20-23-8-7-19-32-30(23)22-17-15-21(16-18-22)24-9-1-2-10-25(24)33-26-11-3-5-13-28(26)34-29-14-6-4-12-27(29)33/h1-19H. The van der Waals surface area contributed by atoms with Gasteiger partial charge in [0, 0.05) is 17.3 Å². The minimum Gasteiger partial charge on any atom is -0.453 e. The summed E-state index contributed by atoms with van der Waals surface area (Å²) in [4.78, 5) is 6.67. The highest BCUT2D eigenvalue weighted by atomic mass is 16.5. The van der Waals surface area contributed by atoms with Gasteiger partial charge in [-0.25, -0.2) is 0 Å². The van der Waals surface area contributed by atoms with Gasteiger partial charge < -0.3 is 9.64 Å². The zero-order valence-electron chi connectivity index (χ0n) is 18.2. The molecule has 0 aliphatic carbocycles. The SMILES string of the molecule is N#Cc1cccnc1-c1ccc(-c2ccccc2N2c3ccccc3Oc3ccccc32)cc1. The van der Waals surface area contributed by atoms with Crippen molar-refractivity contribution in [1.82, 2.24) is 4.98 Å². The van der Waals surface area contributed by atoms with Crippen molar-refractivity contribution in [2.45, 2.75) is 0 Å². The molecule has 0 amide bonds. The molecule has 1 aliphatic heterocycles. The van der Waals surface area contributed by atoms with Gasteiger partial charge in [-0.1, -0.05) is 66.7 Å². The van der Waals surface area contributed by atoms with Gasteiger partial charge in [0.2, 0.25) is 0 Å². The normalized spacial score (nSPS) is 11.7. The Morgan fingerprint density at radius 2 is 1.21 bits per heavy atom. The number of nitrogens with zero attached hydrogens (tertiary/aromatic N) is 3. The first-order valence-electron chi connectivity index (χ1n) is 11.0. The van der Waals surface area contributed by atoms with Gasteiger partial charge in [0.15, 0.2) is 11.5 Å². The third kappa shape index (κ3) is 3.28. The van der Waals surface area contributed by atoms with Crippen LogP contribution in [0.3, 0.4) is 0 Å². The van der Waals surface area contributed by atoms with Crippen LogP contribution in [0.5, 0.6) is 11.5 Å². The number of para-hydroxylation sites is 5. The third-order valence-corrected chi connectivity index (χ3v) is 5.97. The van der Waals surface area contributed by atoms with Crippen molar-refractivity contribution in [1.29, 1.82) is 5.26 Å². The molecule has 0 atom stereocenters. The molecule has 4 nitrogen and oxygen atoms in total. The van der Waals surface area contributed by atoms with Crippen LogP contribution in [-0.4, -0.2) is 4.98 Å². The molecule has 4 aromatic carbocycles. The van der Waals surface area contributed by atoms with Crippen molar-refractivity contribution in [3.63, 3.8) is 0 Å². The molecule has 0 bridgehead atoms. The van der Waals surface area contributed by atoms with Crippen LogP contribution in [0.4, 0.5) is 17.1 Å². The summed E-state index contributed by atoms with van der Waals surface area (Å²) in [5.41, 5.74) is 7.42. The second kappa shape index (κ2) is 8.23. The Labute approximate surface area is 198 Å². The fourth-order valence-electron chi connectivity index (χ4n) is 4.41. The molecule has 34 heavy (non-hydrogen) atoms. The molecule has 0 saturated carbocycles. The van der Waals surface area contributed by atoms with Gasteiger partial charge in [-0.05, 0) is 48.0 Å². The highest BCUT2D eigenvalue weighted by Gasteiger charge is 2.26. The van der Waals surface area contributed by atoms with E-state index >= 15 is 0 Å². The van der Waals surface area contributed by atoms with Gasteiger partial charge in [0.05, 0.1) is 28.3 Å². The lowest BCUT2D eigenvalue weighted by atomic mass is 9.98. The van der Waals surface area contributed by atoms with Gasteiger partial charge >= 0.3 is 0 Å². The summed E-state index contributed by atoms with van der Waals surface area (Å²) < 4.78 is 6.19. The van der Waals surface area contributed by atoms with E-state index in [9.17, 15) is 5.26 Å². The number of ether oxygens (including phenoxy) is 1. The Balaban J connectivity index is 1.48. The summed E-state index contributed by atoms with van der Waals surface area (Å²) in [6.07, 6.45) is 1.71. The van der Waals surface area contributed by atoms with Gasteiger partial charge in [0.1, 0.15) is 6.07 Å². The molecule has 5 aromatic rings. The van der Waals surface area contributed by atoms with Gasteiger partial charge in [-0.2, -0.15) is 5.26 Å². The molecule has 0 saturated heterocycles. The quantitative estimate of drug-likeness (QED) is 0.283. The van der Waals surface area contributed by atoms with E-state index in [1.807, 2.05) is 48.5 Å². The highest BCUT2D eigenvalue weighted by Crippen LogP contribution is 2.51. The van der Waals surface area contributed by atoms with Crippen LogP contribution in [0.25, 0.3) is 22.4 Å². The lowest BCUT2D eigenvalue weighted by Crippen LogP contribution is -2.16. The van der Waals surface area contributed by atoms with Crippen molar-refractivity contribution >= 4 is 17.1 Å². The number of fused-ring (bicyclic) bond motifs is 2. The van der Waals surface area contributed by atoms with Crippen LogP contribution in [-0.2, 0) is 0 Å². The number of benzene rings is 4. The molecule has 2 heterocycles. The lowest BCUT2D eigenvalue weighted by molar-refractivity contribution is 0.477. The van der Waals surface area contributed by atoms with Crippen LogP contribution in [0.15, 0.2) is 115 Å². The molecule has 1 aliphatic rings. The van der Waals surface area contributed by atoms with Crippen LogP contribution in [0.1, 0.15) is 5.56 Å². The third-order valence-electron chi connectivity index (χ3n) is 5.97. The van der Waals surface area contributed by atoms with E-state index < -0.39 is 0 Å². The molecule has 1 aromatic heterocycles. The van der Waals surface area contributed by atoms with E-state index in [2.05, 4.69) is 64.5 Å². The first-order valence-corrected chi connectivity index (χ1v) is 11.0. The molecule has 0 spiro atoms. The van der Waals surface area contributed by atoms with Crippen LogP contribution < -0.4 is 9.64 Å². The lowest BCUT2D eigenvalue weighted by Gasteiger charge is -2.34. The van der Waals surface area contributed by atoms with E-state index in [4.69, 9.17) is 4.74 Å². The molecule has 0 unspecified atom stereocenters. The minimum atomic E-state index is 0.567. The second-order valence-electron chi connectivity index (χ2n) is 7.98. The number of anilines is 3. The zero-order chi connectivity index (χ0) is 22.9. The Kier molecular flexibility index (Phi) is 4.79. The fraction of sp³-hybridized carbons (Fsp3) is 0. The number of hydrogen-bond acceptors (Lipinski definition) is 4. The highest BCUT2D eigenvalue weighted by molar-refractivity contribution is 5.93. The van der Waals surface area contributed by atoms with Crippen molar-refractivity contribution in [3.8, 4) is 40.0 Å². The second-order valence-corrected chi connectivity index (χ2v) is 7.98. The maximum absolute atomic E-state index is 9.45. The summed E-state index contributed by atoms with van der Waals surface area (Å²) in [5, 5.41) is 9.45. The maximum Gasteiger partial charge on any atom is 0.151 e. The molecule has 160 valence electrons. The Bertz CT molecular complexity index is 1500. The summed E-state index contributed by atoms with van der Waals surface area (Å²) in [5.74, 6) is 1.65. The van der Waals surface area contributed by atoms with E-state index in [1.54, 1.807) is 18.3 Å². The number of pyridine rings is 1. The van der Waals surface area contributed by atoms with Gasteiger partial charge in [0.25, 0.3) is 0 Å². The smallest absolute Gasteiger partial charge is 0.151 e. The van der Waals surface area contributed by atoms with Crippen molar-refractivity contribution in [2.75, 3.05) is 4.90 Å². The topological polar surface area (TPSA) is 49.2 Å². The molecule has 0 N–H and O–H groups in total. The Morgan fingerprint density at radius 1 is 0.618 bits per heavy atom. The first kappa shape index (κ1) is 19.8. The van der Waals surface area contributed by atoms with Crippen molar-refractivity contribution < 1.29 is 4.74 Å². The molecule has 0 fully saturated rings. The van der Waals surface area contributed by atoms with E-state index in [0.29, 0.717) is 11.3 Å². The van der Waals surface area contributed by atoms with Gasteiger partial charge in [-0.15, -0.1) is 0 Å². The fourth-order valence-corrected chi connectivity index (χ4v) is 4.41. The van der Waals surface area contributed by atoms with Crippen LogP contribution in [0.2, 0.25) is 0 Å². The first-order chi connectivity index (χ1) is 16.8. The molecular weight excluding hydrogens is 418 g/mol. The average Bonchev–Trinajstić information content (AvgIpc) is 2.92. The zero-order valence-corrected chi connectivity index (χ0v) is 18.2. The van der Waals surface area contributed by atoms with E-state index in [1.165, 1.54) is 0 Å². The summed E-state index contributed by atoms with van der Waals surface area (Å²) in [6.45, 7) is 0.